The molecule has 0 aromatic heterocycles. The van der Waals surface area contributed by atoms with Crippen molar-refractivity contribution in [1.29, 1.82) is 0 Å². The summed E-state index contributed by atoms with van der Waals surface area (Å²) in [5, 5.41) is 2.68. The molecule has 2 aromatic carbocycles. The van der Waals surface area contributed by atoms with Crippen molar-refractivity contribution in [1.82, 2.24) is 5.32 Å². The summed E-state index contributed by atoms with van der Waals surface area (Å²) in [5.74, 6) is 0.115. The highest BCUT2D eigenvalue weighted by atomic mass is 19.1. The van der Waals surface area contributed by atoms with Gasteiger partial charge in [-0.1, -0.05) is 18.2 Å². The van der Waals surface area contributed by atoms with Gasteiger partial charge in [-0.2, -0.15) is 0 Å². The fourth-order valence-corrected chi connectivity index (χ4v) is 1.95. The van der Waals surface area contributed by atoms with E-state index in [1.54, 1.807) is 30.3 Å². The quantitative estimate of drug-likeness (QED) is 0.636. The molecule has 0 saturated heterocycles. The lowest BCUT2D eigenvalue weighted by molar-refractivity contribution is -0.116. The Morgan fingerprint density at radius 1 is 1.26 bits per heavy atom. The number of amides is 1. The molecule has 2 rings (SSSR count). The highest BCUT2D eigenvalue weighted by Crippen LogP contribution is 2.24. The Hall–Kier alpha value is -2.82. The number of anilines is 1. The summed E-state index contributed by atoms with van der Waals surface area (Å²) in [6.45, 7) is 2.75. The van der Waals surface area contributed by atoms with Crippen LogP contribution in [0.15, 0.2) is 48.5 Å². The minimum absolute atomic E-state index is 0.150. The number of nitrogens with one attached hydrogen (secondary N) is 1. The summed E-state index contributed by atoms with van der Waals surface area (Å²) in [6, 6.07) is 11.4. The van der Waals surface area contributed by atoms with E-state index in [-0.39, 0.29) is 11.7 Å². The van der Waals surface area contributed by atoms with E-state index in [0.29, 0.717) is 24.6 Å². The molecule has 0 spiro atoms. The van der Waals surface area contributed by atoms with E-state index in [4.69, 9.17) is 10.5 Å². The van der Waals surface area contributed by atoms with E-state index in [9.17, 15) is 9.18 Å². The number of halogens is 1. The molecule has 4 nitrogen and oxygen atoms in total. The van der Waals surface area contributed by atoms with E-state index in [1.807, 2.05) is 13.0 Å². The normalized spacial score (nSPS) is 10.7. The maximum Gasteiger partial charge on any atom is 0.243 e. The van der Waals surface area contributed by atoms with Crippen LogP contribution in [-0.4, -0.2) is 12.5 Å². The maximum atomic E-state index is 12.8. The molecular formula is C18H19FN2O2. The zero-order chi connectivity index (χ0) is 16.7. The molecule has 120 valence electrons. The Bertz CT molecular complexity index is 697. The summed E-state index contributed by atoms with van der Waals surface area (Å²) < 4.78 is 18.5. The predicted octanol–water partition coefficient (Wildman–Crippen LogP) is 3.14. The Morgan fingerprint density at radius 2 is 2.00 bits per heavy atom. The average Bonchev–Trinajstić information content (AvgIpc) is 2.54. The molecule has 0 saturated carbocycles. The molecule has 23 heavy (non-hydrogen) atoms. The third kappa shape index (κ3) is 5.14. The van der Waals surface area contributed by atoms with Crippen LogP contribution in [-0.2, 0) is 11.4 Å². The monoisotopic (exact) mass is 314 g/mol. The molecule has 2 aromatic rings. The lowest BCUT2D eigenvalue weighted by Crippen LogP contribution is -2.19. The number of ether oxygens (including phenoxy) is 1. The number of hydrogen-bond donors (Lipinski definition) is 2. The Morgan fingerprint density at radius 3 is 2.65 bits per heavy atom. The zero-order valence-electron chi connectivity index (χ0n) is 12.9. The molecule has 0 aliphatic rings. The minimum atomic E-state index is -0.281. The maximum absolute atomic E-state index is 12.8. The number of benzene rings is 2. The molecular weight excluding hydrogens is 295 g/mol. The van der Waals surface area contributed by atoms with Crippen LogP contribution in [0, 0.1) is 5.82 Å². The van der Waals surface area contributed by atoms with Gasteiger partial charge in [0, 0.05) is 12.6 Å². The SMILES string of the molecule is CCNC(=O)/C=C\c1ccc(OCc2ccc(F)cc2)c(N)c1. The molecule has 0 fully saturated rings. The number of nitrogens with two attached hydrogens (primary N) is 1. The number of carbonyl (C=O) groups excluding carboxylic acids is 1. The Balaban J connectivity index is 1.99. The van der Waals surface area contributed by atoms with Crippen LogP contribution in [0.3, 0.4) is 0 Å². The van der Waals surface area contributed by atoms with Gasteiger partial charge in [0.2, 0.25) is 5.91 Å². The second-order valence-electron chi connectivity index (χ2n) is 4.94. The largest absolute Gasteiger partial charge is 0.487 e. The van der Waals surface area contributed by atoms with Crippen LogP contribution in [0.25, 0.3) is 6.08 Å². The van der Waals surface area contributed by atoms with E-state index in [0.717, 1.165) is 11.1 Å². The first-order chi connectivity index (χ1) is 11.1. The molecule has 0 aliphatic carbocycles. The van der Waals surface area contributed by atoms with Gasteiger partial charge in [0.15, 0.2) is 0 Å². The fraction of sp³-hybridized carbons (Fsp3) is 0.167. The van der Waals surface area contributed by atoms with Gasteiger partial charge >= 0.3 is 0 Å². The van der Waals surface area contributed by atoms with Crippen molar-refractivity contribution in [3.8, 4) is 5.75 Å². The van der Waals surface area contributed by atoms with Gasteiger partial charge < -0.3 is 15.8 Å². The van der Waals surface area contributed by atoms with Crippen molar-refractivity contribution in [2.24, 2.45) is 0 Å². The van der Waals surface area contributed by atoms with Crippen molar-refractivity contribution in [2.75, 3.05) is 12.3 Å². The lowest BCUT2D eigenvalue weighted by atomic mass is 10.1. The first-order valence-electron chi connectivity index (χ1n) is 7.31. The first-order valence-corrected chi connectivity index (χ1v) is 7.31. The van der Waals surface area contributed by atoms with Crippen LogP contribution in [0.5, 0.6) is 5.75 Å². The summed E-state index contributed by atoms with van der Waals surface area (Å²) in [4.78, 5) is 11.4. The van der Waals surface area contributed by atoms with Gasteiger partial charge in [-0.05, 0) is 48.4 Å². The van der Waals surface area contributed by atoms with Crippen molar-refractivity contribution < 1.29 is 13.9 Å². The number of rotatable bonds is 6. The van der Waals surface area contributed by atoms with Crippen LogP contribution in [0.1, 0.15) is 18.1 Å². The summed E-state index contributed by atoms with van der Waals surface area (Å²) in [7, 11) is 0. The van der Waals surface area contributed by atoms with Gasteiger partial charge in [0.05, 0.1) is 5.69 Å². The average molecular weight is 314 g/mol. The van der Waals surface area contributed by atoms with Gasteiger partial charge in [-0.25, -0.2) is 4.39 Å². The third-order valence-electron chi connectivity index (χ3n) is 3.12. The highest BCUT2D eigenvalue weighted by molar-refractivity contribution is 5.91. The molecule has 5 heteroatoms. The van der Waals surface area contributed by atoms with Crippen molar-refractivity contribution >= 4 is 17.7 Å². The molecule has 1 amide bonds. The van der Waals surface area contributed by atoms with E-state index in [2.05, 4.69) is 5.32 Å². The number of hydrogen-bond acceptors (Lipinski definition) is 3. The minimum Gasteiger partial charge on any atom is -0.487 e. The van der Waals surface area contributed by atoms with Gasteiger partial charge in [-0.15, -0.1) is 0 Å². The van der Waals surface area contributed by atoms with Gasteiger partial charge in [0.1, 0.15) is 18.2 Å². The molecule has 0 aliphatic heterocycles. The van der Waals surface area contributed by atoms with Crippen molar-refractivity contribution in [3.63, 3.8) is 0 Å². The topological polar surface area (TPSA) is 64.3 Å². The van der Waals surface area contributed by atoms with Crippen LogP contribution in [0.4, 0.5) is 10.1 Å². The zero-order valence-corrected chi connectivity index (χ0v) is 12.9. The summed E-state index contributed by atoms with van der Waals surface area (Å²) in [6.07, 6.45) is 3.14. The molecule has 0 unspecified atom stereocenters. The van der Waals surface area contributed by atoms with Crippen LogP contribution in [0.2, 0.25) is 0 Å². The van der Waals surface area contributed by atoms with E-state index >= 15 is 0 Å². The second-order valence-corrected chi connectivity index (χ2v) is 4.94. The predicted molar refractivity (Wildman–Crippen MR) is 89.3 cm³/mol. The Kier molecular flexibility index (Phi) is 5.74. The molecule has 3 N–H and O–H groups in total. The Labute approximate surface area is 134 Å². The number of carbonyl (C=O) groups is 1. The molecule has 0 bridgehead atoms. The first kappa shape index (κ1) is 16.5. The van der Waals surface area contributed by atoms with Gasteiger partial charge in [-0.3, -0.25) is 4.79 Å². The fourth-order valence-electron chi connectivity index (χ4n) is 1.95. The highest BCUT2D eigenvalue weighted by Gasteiger charge is 2.02. The lowest BCUT2D eigenvalue weighted by Gasteiger charge is -2.09. The van der Waals surface area contributed by atoms with Crippen molar-refractivity contribution in [3.05, 3.63) is 65.5 Å². The molecule has 0 radical (unpaired) electrons. The standard InChI is InChI=1S/C18H19FN2O2/c1-2-21-18(22)10-6-13-5-9-17(16(20)11-13)23-12-14-3-7-15(19)8-4-14/h3-11H,2,12,20H2,1H3,(H,21,22)/b10-6-. The second kappa shape index (κ2) is 7.98. The van der Waals surface area contributed by atoms with E-state index in [1.165, 1.54) is 18.2 Å². The van der Waals surface area contributed by atoms with Crippen LogP contribution < -0.4 is 15.8 Å². The van der Waals surface area contributed by atoms with Crippen molar-refractivity contribution in [2.45, 2.75) is 13.5 Å². The molecule has 0 atom stereocenters. The third-order valence-corrected chi connectivity index (χ3v) is 3.12. The summed E-state index contributed by atoms with van der Waals surface area (Å²) >= 11 is 0. The smallest absolute Gasteiger partial charge is 0.243 e. The van der Waals surface area contributed by atoms with Crippen LogP contribution >= 0.6 is 0 Å². The van der Waals surface area contributed by atoms with E-state index < -0.39 is 0 Å². The number of likely N-dealkylation sites (N-methyl/N-ethyl adjacent to an activating group) is 1. The van der Waals surface area contributed by atoms with Gasteiger partial charge in [0.25, 0.3) is 0 Å². The molecule has 0 heterocycles. The summed E-state index contributed by atoms with van der Waals surface area (Å²) in [5.41, 5.74) is 8.09. The number of nitrogen functional groups attached to an aromatic ring is 1.